The van der Waals surface area contributed by atoms with E-state index in [-0.39, 0.29) is 17.7 Å². The molecule has 2 aromatic rings. The van der Waals surface area contributed by atoms with E-state index in [2.05, 4.69) is 17.1 Å². The molecular weight excluding hydrogens is 334 g/mol. The molecule has 0 bridgehead atoms. The zero-order valence-electron chi connectivity index (χ0n) is 14.2. The highest BCUT2D eigenvalue weighted by Crippen LogP contribution is 2.50. The molecule has 0 unspecified atom stereocenters. The minimum Gasteiger partial charge on any atom is -0.342 e. The summed E-state index contributed by atoms with van der Waals surface area (Å²) in [5.41, 5.74) is 2.80. The SMILES string of the molecule is CCN1CC[C@@]2(CN(C(=O)c3cscn3)C[C@H]2c2ccccc2)C1=O. The second kappa shape index (κ2) is 6.26. The Bertz CT molecular complexity index is 777. The van der Waals surface area contributed by atoms with Gasteiger partial charge in [0.1, 0.15) is 5.69 Å². The number of likely N-dealkylation sites (tertiary alicyclic amines) is 2. The van der Waals surface area contributed by atoms with Crippen LogP contribution in [0.1, 0.15) is 35.3 Å². The summed E-state index contributed by atoms with van der Waals surface area (Å²) in [5.74, 6) is 0.166. The fourth-order valence-corrected chi connectivity index (χ4v) is 4.81. The number of hydrogen-bond donors (Lipinski definition) is 0. The highest BCUT2D eigenvalue weighted by atomic mass is 32.1. The Balaban J connectivity index is 1.70. The maximum Gasteiger partial charge on any atom is 0.273 e. The lowest BCUT2D eigenvalue weighted by Crippen LogP contribution is -2.40. The fraction of sp³-hybridized carbons (Fsp3) is 0.421. The zero-order valence-corrected chi connectivity index (χ0v) is 15.0. The molecule has 2 fully saturated rings. The lowest BCUT2D eigenvalue weighted by molar-refractivity contribution is -0.135. The van der Waals surface area contributed by atoms with Crippen LogP contribution in [-0.4, -0.2) is 52.8 Å². The van der Waals surface area contributed by atoms with Crippen molar-refractivity contribution in [3.8, 4) is 0 Å². The van der Waals surface area contributed by atoms with Crippen molar-refractivity contribution >= 4 is 23.2 Å². The predicted molar refractivity (Wildman–Crippen MR) is 96.5 cm³/mol. The van der Waals surface area contributed by atoms with E-state index in [0.717, 1.165) is 25.1 Å². The minimum absolute atomic E-state index is 0.0420. The van der Waals surface area contributed by atoms with Crippen LogP contribution in [-0.2, 0) is 4.79 Å². The van der Waals surface area contributed by atoms with Crippen molar-refractivity contribution in [2.45, 2.75) is 19.3 Å². The summed E-state index contributed by atoms with van der Waals surface area (Å²) in [5, 5.41) is 1.78. The molecule has 1 spiro atoms. The summed E-state index contributed by atoms with van der Waals surface area (Å²) in [4.78, 5) is 33.9. The van der Waals surface area contributed by atoms with Gasteiger partial charge in [-0.3, -0.25) is 9.59 Å². The normalized spacial score (nSPS) is 26.0. The number of carbonyl (C=O) groups is 2. The Kier molecular flexibility index (Phi) is 4.07. The van der Waals surface area contributed by atoms with Crippen LogP contribution in [0.2, 0.25) is 0 Å². The van der Waals surface area contributed by atoms with Crippen LogP contribution in [0.5, 0.6) is 0 Å². The number of rotatable bonds is 3. The number of carbonyl (C=O) groups excluding carboxylic acids is 2. The number of thiazole rings is 1. The Labute approximate surface area is 151 Å². The second-order valence-electron chi connectivity index (χ2n) is 6.81. The zero-order chi connectivity index (χ0) is 17.4. The van der Waals surface area contributed by atoms with Gasteiger partial charge in [0.2, 0.25) is 5.91 Å². The molecule has 1 aromatic heterocycles. The van der Waals surface area contributed by atoms with Crippen molar-refractivity contribution in [2.75, 3.05) is 26.2 Å². The van der Waals surface area contributed by atoms with Crippen molar-refractivity contribution in [1.29, 1.82) is 0 Å². The summed E-state index contributed by atoms with van der Waals surface area (Å²) < 4.78 is 0. The van der Waals surface area contributed by atoms with Gasteiger partial charge in [-0.05, 0) is 18.9 Å². The van der Waals surface area contributed by atoms with Gasteiger partial charge in [0.25, 0.3) is 5.91 Å². The number of benzene rings is 1. The van der Waals surface area contributed by atoms with E-state index in [4.69, 9.17) is 0 Å². The first kappa shape index (κ1) is 16.3. The van der Waals surface area contributed by atoms with Gasteiger partial charge in [-0.2, -0.15) is 0 Å². The van der Waals surface area contributed by atoms with Gasteiger partial charge in [0.15, 0.2) is 0 Å². The van der Waals surface area contributed by atoms with Crippen LogP contribution in [0.4, 0.5) is 0 Å². The largest absolute Gasteiger partial charge is 0.342 e. The molecule has 0 saturated carbocycles. The van der Waals surface area contributed by atoms with E-state index in [0.29, 0.717) is 18.8 Å². The van der Waals surface area contributed by atoms with E-state index in [9.17, 15) is 9.59 Å². The van der Waals surface area contributed by atoms with Crippen molar-refractivity contribution < 1.29 is 9.59 Å². The Morgan fingerprint density at radius 3 is 2.80 bits per heavy atom. The van der Waals surface area contributed by atoms with Crippen LogP contribution in [0.15, 0.2) is 41.2 Å². The highest BCUT2D eigenvalue weighted by molar-refractivity contribution is 7.07. The number of nitrogens with zero attached hydrogens (tertiary/aromatic N) is 3. The van der Waals surface area contributed by atoms with E-state index >= 15 is 0 Å². The van der Waals surface area contributed by atoms with Gasteiger partial charge in [0, 0.05) is 37.5 Å². The number of aromatic nitrogens is 1. The molecule has 6 heteroatoms. The molecule has 0 N–H and O–H groups in total. The van der Waals surface area contributed by atoms with Gasteiger partial charge in [0.05, 0.1) is 10.9 Å². The molecule has 2 aliphatic heterocycles. The Morgan fingerprint density at radius 1 is 1.36 bits per heavy atom. The topological polar surface area (TPSA) is 53.5 Å². The molecule has 1 aromatic carbocycles. The van der Waals surface area contributed by atoms with Gasteiger partial charge >= 0.3 is 0 Å². The Hall–Kier alpha value is -2.21. The molecule has 0 radical (unpaired) electrons. The smallest absolute Gasteiger partial charge is 0.273 e. The summed E-state index contributed by atoms with van der Waals surface area (Å²) >= 11 is 1.42. The lowest BCUT2D eigenvalue weighted by atomic mass is 9.73. The van der Waals surface area contributed by atoms with Crippen molar-refractivity contribution in [2.24, 2.45) is 5.41 Å². The third-order valence-electron chi connectivity index (χ3n) is 5.61. The first-order valence-electron chi connectivity index (χ1n) is 8.67. The first-order valence-corrected chi connectivity index (χ1v) is 9.62. The van der Waals surface area contributed by atoms with Crippen LogP contribution < -0.4 is 0 Å². The monoisotopic (exact) mass is 355 g/mol. The molecule has 25 heavy (non-hydrogen) atoms. The summed E-state index contributed by atoms with van der Waals surface area (Å²) in [7, 11) is 0. The molecule has 5 nitrogen and oxygen atoms in total. The molecule has 0 aliphatic carbocycles. The number of hydrogen-bond acceptors (Lipinski definition) is 4. The van der Waals surface area contributed by atoms with Crippen LogP contribution in [0.25, 0.3) is 0 Å². The predicted octanol–water partition coefficient (Wildman–Crippen LogP) is 2.62. The fourth-order valence-electron chi connectivity index (χ4n) is 4.28. The minimum atomic E-state index is -0.497. The van der Waals surface area contributed by atoms with Crippen molar-refractivity contribution in [3.05, 3.63) is 52.5 Å². The molecule has 2 amide bonds. The molecular formula is C19H21N3O2S. The third-order valence-corrected chi connectivity index (χ3v) is 6.19. The maximum atomic E-state index is 13.2. The number of amides is 2. The van der Waals surface area contributed by atoms with Gasteiger partial charge < -0.3 is 9.80 Å². The second-order valence-corrected chi connectivity index (χ2v) is 7.53. The molecule has 2 saturated heterocycles. The van der Waals surface area contributed by atoms with Crippen LogP contribution in [0.3, 0.4) is 0 Å². The molecule has 3 heterocycles. The molecule has 130 valence electrons. The standard InChI is InChI=1S/C19H21N3O2S/c1-2-21-9-8-19(18(21)24)12-22(17(23)16-11-25-13-20-16)10-15(19)14-6-4-3-5-7-14/h3-7,11,13,15H,2,8-10,12H2,1H3/t15-,19-/m0/s1. The van der Waals surface area contributed by atoms with Crippen molar-refractivity contribution in [1.82, 2.24) is 14.8 Å². The van der Waals surface area contributed by atoms with Crippen LogP contribution in [0, 0.1) is 5.41 Å². The third kappa shape index (κ3) is 2.56. The maximum absolute atomic E-state index is 13.2. The van der Waals surface area contributed by atoms with Crippen LogP contribution >= 0.6 is 11.3 Å². The van der Waals surface area contributed by atoms with Gasteiger partial charge in [-0.1, -0.05) is 30.3 Å². The Morgan fingerprint density at radius 2 is 2.16 bits per heavy atom. The average molecular weight is 355 g/mol. The average Bonchev–Trinajstić information content (AvgIpc) is 3.37. The van der Waals surface area contributed by atoms with Gasteiger partial charge in [-0.15, -0.1) is 11.3 Å². The first-order chi connectivity index (χ1) is 12.2. The highest BCUT2D eigenvalue weighted by Gasteiger charge is 2.57. The lowest BCUT2D eigenvalue weighted by Gasteiger charge is -2.28. The summed E-state index contributed by atoms with van der Waals surface area (Å²) in [6.45, 7) is 4.57. The van der Waals surface area contributed by atoms with E-state index in [1.165, 1.54) is 11.3 Å². The summed E-state index contributed by atoms with van der Waals surface area (Å²) in [6, 6.07) is 10.1. The molecule has 2 atom stereocenters. The van der Waals surface area contributed by atoms with E-state index in [1.807, 2.05) is 34.9 Å². The van der Waals surface area contributed by atoms with Gasteiger partial charge in [-0.25, -0.2) is 4.98 Å². The quantitative estimate of drug-likeness (QED) is 0.850. The van der Waals surface area contributed by atoms with Crippen molar-refractivity contribution in [3.63, 3.8) is 0 Å². The molecule has 4 rings (SSSR count). The summed E-state index contributed by atoms with van der Waals surface area (Å²) in [6.07, 6.45) is 0.806. The van der Waals surface area contributed by atoms with E-state index < -0.39 is 5.41 Å². The van der Waals surface area contributed by atoms with E-state index in [1.54, 1.807) is 10.9 Å². The molecule has 2 aliphatic rings.